The van der Waals surface area contributed by atoms with Gasteiger partial charge in [0, 0.05) is 31.3 Å². The summed E-state index contributed by atoms with van der Waals surface area (Å²) < 4.78 is 5.14. The molecule has 2 heterocycles. The van der Waals surface area contributed by atoms with Gasteiger partial charge < -0.3 is 9.64 Å². The van der Waals surface area contributed by atoms with E-state index in [9.17, 15) is 9.59 Å². The Bertz CT molecular complexity index is 478. The van der Waals surface area contributed by atoms with E-state index in [1.54, 1.807) is 23.2 Å². The first-order chi connectivity index (χ1) is 8.61. The Morgan fingerprint density at radius 2 is 2.39 bits per heavy atom. The molecule has 1 aliphatic heterocycles. The van der Waals surface area contributed by atoms with Crippen LogP contribution in [0.25, 0.3) is 0 Å². The molecule has 0 spiro atoms. The number of pyridine rings is 1. The van der Waals surface area contributed by atoms with Crippen LogP contribution in [0.5, 0.6) is 5.88 Å². The van der Waals surface area contributed by atoms with Crippen molar-refractivity contribution in [2.45, 2.75) is 18.6 Å². The minimum atomic E-state index is 0.0000463. The highest BCUT2D eigenvalue weighted by Gasteiger charge is 2.33. The zero-order valence-corrected chi connectivity index (χ0v) is 11.1. The monoisotopic (exact) mass is 266 g/mol. The second kappa shape index (κ2) is 5.39. The Morgan fingerprint density at radius 3 is 3.06 bits per heavy atom. The molecule has 0 bridgehead atoms. The number of carbonyl (C=O) groups excluding carboxylic acids is 2. The zero-order valence-electron chi connectivity index (χ0n) is 10.3. The smallest absolute Gasteiger partial charge is 0.237 e. The molecule has 5 nitrogen and oxygen atoms in total. The summed E-state index contributed by atoms with van der Waals surface area (Å²) in [6.07, 6.45) is 1.99. The van der Waals surface area contributed by atoms with E-state index in [-0.39, 0.29) is 16.3 Å². The predicted molar refractivity (Wildman–Crippen MR) is 69.8 cm³/mol. The Morgan fingerprint density at radius 1 is 1.61 bits per heavy atom. The second-order valence-corrected chi connectivity index (χ2v) is 5.45. The Kier molecular flexibility index (Phi) is 3.86. The lowest BCUT2D eigenvalue weighted by Gasteiger charge is -2.18. The zero-order chi connectivity index (χ0) is 13.1. The quantitative estimate of drug-likeness (QED) is 0.829. The summed E-state index contributed by atoms with van der Waals surface area (Å²) in [5.74, 6) is 0.430. The molecule has 0 radical (unpaired) electrons. The van der Waals surface area contributed by atoms with Crippen LogP contribution in [-0.4, -0.2) is 34.9 Å². The van der Waals surface area contributed by atoms with Crippen LogP contribution in [0, 0.1) is 0 Å². The standard InChI is InChI=1S/C12H14N2O3S/c1-8(15)18-9-6-11(16)14(7-9)10-4-3-5-13-12(10)17-2/h3-5,9H,6-7H2,1-2H3. The molecular weight excluding hydrogens is 252 g/mol. The van der Waals surface area contributed by atoms with Gasteiger partial charge in [-0.1, -0.05) is 11.8 Å². The maximum atomic E-state index is 12.0. The lowest BCUT2D eigenvalue weighted by atomic mass is 10.3. The SMILES string of the molecule is COc1ncccc1N1CC(SC(C)=O)CC1=O. The number of methoxy groups -OCH3 is 1. The van der Waals surface area contributed by atoms with Crippen LogP contribution < -0.4 is 9.64 Å². The average molecular weight is 266 g/mol. The van der Waals surface area contributed by atoms with Crippen LogP contribution in [-0.2, 0) is 9.59 Å². The van der Waals surface area contributed by atoms with Gasteiger partial charge in [-0.3, -0.25) is 9.59 Å². The van der Waals surface area contributed by atoms with Crippen molar-refractivity contribution in [1.82, 2.24) is 4.98 Å². The van der Waals surface area contributed by atoms with Crippen molar-refractivity contribution in [3.63, 3.8) is 0 Å². The number of aromatic nitrogens is 1. The second-order valence-electron chi connectivity index (χ2n) is 3.97. The third-order valence-corrected chi connectivity index (χ3v) is 3.64. The molecule has 96 valence electrons. The van der Waals surface area contributed by atoms with Crippen LogP contribution in [0.4, 0.5) is 5.69 Å². The lowest BCUT2D eigenvalue weighted by molar-refractivity contribution is -0.117. The normalized spacial score (nSPS) is 19.1. The van der Waals surface area contributed by atoms with Crippen LogP contribution in [0.3, 0.4) is 0 Å². The molecule has 1 saturated heterocycles. The third-order valence-electron chi connectivity index (χ3n) is 2.66. The van der Waals surface area contributed by atoms with Gasteiger partial charge in [-0.15, -0.1) is 0 Å². The van der Waals surface area contributed by atoms with Gasteiger partial charge in [-0.2, -0.15) is 0 Å². The number of ether oxygens (including phenoxy) is 1. The number of nitrogens with zero attached hydrogens (tertiary/aromatic N) is 2. The minimum absolute atomic E-state index is 0.0000463. The summed E-state index contributed by atoms with van der Waals surface area (Å²) >= 11 is 1.22. The highest BCUT2D eigenvalue weighted by atomic mass is 32.2. The molecule has 1 aromatic rings. The molecule has 1 amide bonds. The largest absolute Gasteiger partial charge is 0.480 e. The van der Waals surface area contributed by atoms with Gasteiger partial charge in [0.1, 0.15) is 5.69 Å². The summed E-state index contributed by atoms with van der Waals surface area (Å²) in [5, 5.41) is 0.0488. The summed E-state index contributed by atoms with van der Waals surface area (Å²) in [7, 11) is 1.52. The number of carbonyl (C=O) groups is 2. The van der Waals surface area contributed by atoms with Gasteiger partial charge in [0.05, 0.1) is 7.11 Å². The number of anilines is 1. The van der Waals surface area contributed by atoms with Crippen LogP contribution in [0.2, 0.25) is 0 Å². The average Bonchev–Trinajstić information content (AvgIpc) is 2.69. The third kappa shape index (κ3) is 2.64. The number of hydrogen-bond acceptors (Lipinski definition) is 5. The molecule has 0 N–H and O–H groups in total. The van der Waals surface area contributed by atoms with Crippen molar-refractivity contribution in [3.05, 3.63) is 18.3 Å². The molecule has 2 rings (SSSR count). The molecule has 6 heteroatoms. The summed E-state index contributed by atoms with van der Waals surface area (Å²) in [6, 6.07) is 3.56. The van der Waals surface area contributed by atoms with Crippen LogP contribution in [0.15, 0.2) is 18.3 Å². The highest BCUT2D eigenvalue weighted by molar-refractivity contribution is 8.14. The summed E-state index contributed by atoms with van der Waals surface area (Å²) in [5.41, 5.74) is 0.664. The molecule has 1 atom stereocenters. The first kappa shape index (κ1) is 12.9. The predicted octanol–water partition coefficient (Wildman–Crippen LogP) is 1.48. The van der Waals surface area contributed by atoms with Gasteiger partial charge >= 0.3 is 0 Å². The highest BCUT2D eigenvalue weighted by Crippen LogP contribution is 2.32. The van der Waals surface area contributed by atoms with E-state index < -0.39 is 0 Å². The van der Waals surface area contributed by atoms with Crippen molar-refractivity contribution >= 4 is 28.5 Å². The van der Waals surface area contributed by atoms with E-state index in [1.165, 1.54) is 25.8 Å². The molecule has 18 heavy (non-hydrogen) atoms. The number of hydrogen-bond donors (Lipinski definition) is 0. The van der Waals surface area contributed by atoms with Gasteiger partial charge in [-0.05, 0) is 12.1 Å². The lowest BCUT2D eigenvalue weighted by Crippen LogP contribution is -2.25. The fourth-order valence-electron chi connectivity index (χ4n) is 1.97. The van der Waals surface area contributed by atoms with Gasteiger partial charge in [0.15, 0.2) is 5.12 Å². The molecular formula is C12H14N2O3S. The van der Waals surface area contributed by atoms with Crippen LogP contribution >= 0.6 is 11.8 Å². The topological polar surface area (TPSA) is 59.5 Å². The molecule has 1 aromatic heterocycles. The van der Waals surface area contributed by atoms with E-state index in [0.717, 1.165) is 0 Å². The van der Waals surface area contributed by atoms with Crippen molar-refractivity contribution in [2.75, 3.05) is 18.6 Å². The van der Waals surface area contributed by atoms with Gasteiger partial charge in [0.25, 0.3) is 0 Å². The molecule has 1 fully saturated rings. The molecule has 1 unspecified atom stereocenters. The summed E-state index contributed by atoms with van der Waals surface area (Å²) in [6.45, 7) is 2.04. The van der Waals surface area contributed by atoms with Crippen molar-refractivity contribution < 1.29 is 14.3 Å². The van der Waals surface area contributed by atoms with Gasteiger partial charge in [-0.25, -0.2) is 4.98 Å². The van der Waals surface area contributed by atoms with Crippen molar-refractivity contribution in [2.24, 2.45) is 0 Å². The van der Waals surface area contributed by atoms with E-state index >= 15 is 0 Å². The Balaban J connectivity index is 2.19. The fourth-order valence-corrected chi connectivity index (χ4v) is 2.89. The maximum absolute atomic E-state index is 12.0. The Labute approximate surface area is 110 Å². The molecule has 1 aliphatic rings. The number of rotatable bonds is 3. The van der Waals surface area contributed by atoms with Crippen LogP contribution in [0.1, 0.15) is 13.3 Å². The molecule has 0 saturated carbocycles. The van der Waals surface area contributed by atoms with E-state index in [2.05, 4.69) is 4.98 Å². The minimum Gasteiger partial charge on any atom is -0.480 e. The van der Waals surface area contributed by atoms with E-state index in [1.807, 2.05) is 0 Å². The maximum Gasteiger partial charge on any atom is 0.237 e. The first-order valence-electron chi connectivity index (χ1n) is 5.58. The number of amides is 1. The van der Waals surface area contributed by atoms with Crippen molar-refractivity contribution in [3.8, 4) is 5.88 Å². The Hall–Kier alpha value is -1.56. The van der Waals surface area contributed by atoms with Crippen molar-refractivity contribution in [1.29, 1.82) is 0 Å². The van der Waals surface area contributed by atoms with Gasteiger partial charge in [0.2, 0.25) is 11.8 Å². The first-order valence-corrected chi connectivity index (χ1v) is 6.46. The molecule has 0 aromatic carbocycles. The molecule has 0 aliphatic carbocycles. The fraction of sp³-hybridized carbons (Fsp3) is 0.417. The number of thioether (sulfide) groups is 1. The van der Waals surface area contributed by atoms with E-state index in [4.69, 9.17) is 4.74 Å². The summed E-state index contributed by atoms with van der Waals surface area (Å²) in [4.78, 5) is 28.7. The van der Waals surface area contributed by atoms with E-state index in [0.29, 0.717) is 24.5 Å².